The molecule has 8 heteroatoms. The standard InChI is InChI=1S/C31H24N4O3S/c1-31(2)28(35(4)27-17-14-22-18-24(39(36,37)38)15-16-25(22)30(27)31)13-9-8-12-23(19-32)29(26(20-33)34-3)21-10-6-5-7-11-21/h5-18H,1-2,4H3,(H,36,37,38). The number of benzene rings is 3. The molecule has 1 N–H and O–H groups in total. The zero-order valence-corrected chi connectivity index (χ0v) is 22.4. The zero-order valence-electron chi connectivity index (χ0n) is 21.5. The highest BCUT2D eigenvalue weighted by Crippen LogP contribution is 2.50. The molecule has 39 heavy (non-hydrogen) atoms. The van der Waals surface area contributed by atoms with Crippen LogP contribution in [-0.2, 0) is 15.5 Å². The first-order chi connectivity index (χ1) is 18.5. The maximum atomic E-state index is 11.6. The molecule has 0 saturated heterocycles. The molecular weight excluding hydrogens is 508 g/mol. The summed E-state index contributed by atoms with van der Waals surface area (Å²) in [7, 11) is -2.36. The lowest BCUT2D eigenvalue weighted by atomic mass is 9.81. The van der Waals surface area contributed by atoms with Crippen LogP contribution in [0.5, 0.6) is 0 Å². The Bertz CT molecular complexity index is 1830. The Morgan fingerprint density at radius 1 is 1.05 bits per heavy atom. The van der Waals surface area contributed by atoms with Gasteiger partial charge in [-0.3, -0.25) is 4.55 Å². The van der Waals surface area contributed by atoms with E-state index in [1.54, 1.807) is 42.5 Å². The maximum Gasteiger partial charge on any atom is 0.294 e. The van der Waals surface area contributed by atoms with Crippen LogP contribution in [0.2, 0.25) is 0 Å². The van der Waals surface area contributed by atoms with Crippen molar-refractivity contribution >= 4 is 32.2 Å². The van der Waals surface area contributed by atoms with Gasteiger partial charge in [-0.2, -0.15) is 13.7 Å². The summed E-state index contributed by atoms with van der Waals surface area (Å²) in [4.78, 5) is 5.23. The van der Waals surface area contributed by atoms with Crippen molar-refractivity contribution in [2.75, 3.05) is 11.9 Å². The third-order valence-corrected chi connectivity index (χ3v) is 7.64. The summed E-state index contributed by atoms with van der Waals surface area (Å²) < 4.78 is 32.7. The van der Waals surface area contributed by atoms with Gasteiger partial charge in [-0.15, -0.1) is 0 Å². The van der Waals surface area contributed by atoms with Crippen molar-refractivity contribution in [3.8, 4) is 12.1 Å². The number of nitriles is 2. The van der Waals surface area contributed by atoms with Crippen LogP contribution in [0.25, 0.3) is 21.2 Å². The highest BCUT2D eigenvalue weighted by atomic mass is 32.2. The van der Waals surface area contributed by atoms with Crippen molar-refractivity contribution in [3.05, 3.63) is 124 Å². The van der Waals surface area contributed by atoms with E-state index in [1.807, 2.05) is 43.5 Å². The van der Waals surface area contributed by atoms with Crippen molar-refractivity contribution < 1.29 is 13.0 Å². The molecular formula is C31H24N4O3S. The largest absolute Gasteiger partial charge is 0.347 e. The smallest absolute Gasteiger partial charge is 0.294 e. The third kappa shape index (κ3) is 4.98. The Morgan fingerprint density at radius 2 is 1.77 bits per heavy atom. The molecule has 0 radical (unpaired) electrons. The molecule has 0 spiro atoms. The van der Waals surface area contributed by atoms with Crippen LogP contribution in [-0.4, -0.2) is 20.0 Å². The van der Waals surface area contributed by atoms with Gasteiger partial charge in [0.2, 0.25) is 0 Å². The number of rotatable bonds is 5. The lowest BCUT2D eigenvalue weighted by Crippen LogP contribution is -2.22. The van der Waals surface area contributed by atoms with Crippen LogP contribution in [0.3, 0.4) is 0 Å². The second-order valence-electron chi connectivity index (χ2n) is 9.44. The molecule has 3 aromatic rings. The monoisotopic (exact) mass is 532 g/mol. The predicted octanol–water partition coefficient (Wildman–Crippen LogP) is 6.56. The quantitative estimate of drug-likeness (QED) is 0.173. The third-order valence-electron chi connectivity index (χ3n) is 6.79. The van der Waals surface area contributed by atoms with Crippen LogP contribution in [0, 0.1) is 29.2 Å². The van der Waals surface area contributed by atoms with E-state index >= 15 is 0 Å². The van der Waals surface area contributed by atoms with Gasteiger partial charge in [-0.25, -0.2) is 10.1 Å². The molecule has 0 bridgehead atoms. The summed E-state index contributed by atoms with van der Waals surface area (Å²) in [5, 5.41) is 20.9. The Morgan fingerprint density at radius 3 is 2.38 bits per heavy atom. The van der Waals surface area contributed by atoms with E-state index < -0.39 is 15.5 Å². The lowest BCUT2D eigenvalue weighted by Gasteiger charge is -2.24. The Kier molecular flexibility index (Phi) is 7.25. The van der Waals surface area contributed by atoms with E-state index in [2.05, 4.69) is 29.7 Å². The predicted molar refractivity (Wildman–Crippen MR) is 152 cm³/mol. The van der Waals surface area contributed by atoms with Crippen molar-refractivity contribution in [1.82, 2.24) is 0 Å². The van der Waals surface area contributed by atoms with Crippen LogP contribution < -0.4 is 4.90 Å². The normalized spacial score (nSPS) is 16.5. The van der Waals surface area contributed by atoms with Gasteiger partial charge in [0.1, 0.15) is 0 Å². The topological polar surface area (TPSA) is 110 Å². The molecule has 0 atom stereocenters. The Labute approximate surface area is 228 Å². The number of hydrogen-bond acceptors (Lipinski definition) is 5. The van der Waals surface area contributed by atoms with Gasteiger partial charge in [0.25, 0.3) is 15.8 Å². The summed E-state index contributed by atoms with van der Waals surface area (Å²) in [6.45, 7) is 11.5. The number of nitrogens with zero attached hydrogens (tertiary/aromatic N) is 4. The zero-order chi connectivity index (χ0) is 28.4. The maximum absolute atomic E-state index is 11.6. The van der Waals surface area contributed by atoms with Gasteiger partial charge in [-0.1, -0.05) is 68.5 Å². The second kappa shape index (κ2) is 10.4. The van der Waals surface area contributed by atoms with Crippen LogP contribution in [0.4, 0.5) is 5.69 Å². The minimum absolute atomic E-state index is 0.153. The van der Waals surface area contributed by atoms with Crippen molar-refractivity contribution in [1.29, 1.82) is 10.5 Å². The van der Waals surface area contributed by atoms with Crippen molar-refractivity contribution in [2.45, 2.75) is 24.2 Å². The molecule has 0 fully saturated rings. The number of allylic oxidation sites excluding steroid dienone is 8. The molecule has 0 saturated carbocycles. The molecule has 0 aromatic heterocycles. The first-order valence-electron chi connectivity index (χ1n) is 11.9. The number of fused-ring (bicyclic) bond motifs is 3. The van der Waals surface area contributed by atoms with E-state index in [0.29, 0.717) is 10.9 Å². The average Bonchev–Trinajstić information content (AvgIpc) is 3.12. The number of likely N-dealkylation sites (N-methyl/N-ethyl adjacent to an activating group) is 1. The van der Waals surface area contributed by atoms with Gasteiger partial charge in [0.15, 0.2) is 0 Å². The van der Waals surface area contributed by atoms with E-state index in [0.717, 1.165) is 22.3 Å². The highest BCUT2D eigenvalue weighted by molar-refractivity contribution is 7.85. The summed E-state index contributed by atoms with van der Waals surface area (Å²) in [6.07, 6.45) is 7.04. The fourth-order valence-corrected chi connectivity index (χ4v) is 5.54. The molecule has 0 amide bonds. The molecule has 3 aromatic carbocycles. The Hall–Kier alpha value is -4.94. The number of hydrogen-bond donors (Lipinski definition) is 1. The summed E-state index contributed by atoms with van der Waals surface area (Å²) >= 11 is 0. The molecule has 1 aliphatic rings. The molecule has 4 rings (SSSR count). The highest BCUT2D eigenvalue weighted by Gasteiger charge is 2.39. The molecule has 192 valence electrons. The van der Waals surface area contributed by atoms with Crippen LogP contribution in [0.15, 0.2) is 107 Å². The van der Waals surface area contributed by atoms with E-state index in [-0.39, 0.29) is 21.7 Å². The summed E-state index contributed by atoms with van der Waals surface area (Å²) in [5.41, 5.74) is 3.48. The van der Waals surface area contributed by atoms with Gasteiger partial charge in [-0.05, 0) is 52.3 Å². The van der Waals surface area contributed by atoms with E-state index in [4.69, 9.17) is 6.57 Å². The summed E-state index contributed by atoms with van der Waals surface area (Å²) in [5.74, 6) is 0. The van der Waals surface area contributed by atoms with Gasteiger partial charge >= 0.3 is 0 Å². The molecule has 0 aliphatic carbocycles. The average molecular weight is 533 g/mol. The molecule has 1 heterocycles. The fraction of sp³-hybridized carbons (Fsp3) is 0.129. The molecule has 1 aliphatic heterocycles. The fourth-order valence-electron chi connectivity index (χ4n) is 5.03. The molecule has 0 unspecified atom stereocenters. The first kappa shape index (κ1) is 27.1. The number of anilines is 1. The first-order valence-corrected chi connectivity index (χ1v) is 13.3. The van der Waals surface area contributed by atoms with Crippen molar-refractivity contribution in [3.63, 3.8) is 0 Å². The van der Waals surface area contributed by atoms with Crippen molar-refractivity contribution in [2.24, 2.45) is 0 Å². The van der Waals surface area contributed by atoms with Crippen LogP contribution >= 0.6 is 0 Å². The Balaban J connectivity index is 1.75. The SMILES string of the molecule is [C-]#[N+]C(C#N)=C(C(C#N)=CC=CC=C1N(C)c2ccc3cc(S(=O)(=O)O)ccc3c2C1(C)C)c1ccccc1. The van der Waals surface area contributed by atoms with E-state index in [9.17, 15) is 23.5 Å². The van der Waals surface area contributed by atoms with Gasteiger partial charge in [0.05, 0.1) is 29.2 Å². The van der Waals surface area contributed by atoms with E-state index in [1.165, 1.54) is 12.1 Å². The second-order valence-corrected chi connectivity index (χ2v) is 10.9. The lowest BCUT2D eigenvalue weighted by molar-refractivity contribution is 0.483. The van der Waals surface area contributed by atoms with Gasteiger partial charge < -0.3 is 4.90 Å². The minimum atomic E-state index is -4.31. The van der Waals surface area contributed by atoms with Crippen LogP contribution in [0.1, 0.15) is 25.0 Å². The molecule has 7 nitrogen and oxygen atoms in total. The van der Waals surface area contributed by atoms with Gasteiger partial charge in [0, 0.05) is 29.4 Å². The minimum Gasteiger partial charge on any atom is -0.347 e. The summed E-state index contributed by atoms with van der Waals surface area (Å²) in [6, 6.07) is 21.3.